The number of aromatic nitrogens is 2. The van der Waals surface area contributed by atoms with Crippen LogP contribution in [0.15, 0.2) is 27.9 Å². The van der Waals surface area contributed by atoms with Gasteiger partial charge < -0.3 is 14.4 Å². The van der Waals surface area contributed by atoms with Gasteiger partial charge in [0.1, 0.15) is 17.6 Å². The van der Waals surface area contributed by atoms with E-state index in [0.717, 1.165) is 17.4 Å². The lowest BCUT2D eigenvalue weighted by molar-refractivity contribution is -0.0177. The van der Waals surface area contributed by atoms with E-state index in [2.05, 4.69) is 33.8 Å². The van der Waals surface area contributed by atoms with Crippen LogP contribution in [0.2, 0.25) is 0 Å². The Hall–Kier alpha value is -3.76. The fourth-order valence-corrected chi connectivity index (χ4v) is 5.41. The van der Waals surface area contributed by atoms with E-state index in [1.807, 2.05) is 0 Å². The number of rotatable bonds is 14. The molecule has 14 heteroatoms. The van der Waals surface area contributed by atoms with Gasteiger partial charge in [0, 0.05) is 50.6 Å². The Kier molecular flexibility index (Phi) is 12.7. The van der Waals surface area contributed by atoms with Gasteiger partial charge in [0.05, 0.1) is 18.8 Å². The molecule has 0 saturated carbocycles. The highest BCUT2D eigenvalue weighted by atomic mass is 31.2. The standard InChI is InChI=1S/C29H31F3N3O7P/c1-3-5-7-9-10-11-13-20-19-35(29(38)34-28(20)37)26-17-24(36)25(41-26)18-33-43(39,40-14-12-8-6-4-2)42-27-22(31)15-21(30)16-23(27)32/h1-2,15-16,19,24-26,36H,5-10,12,14,17-18H2,(H,33,39)(H,34,37,38)/t24-,25-,26-,43?/m1/s1. The van der Waals surface area contributed by atoms with Crippen molar-refractivity contribution >= 4 is 7.75 Å². The number of terminal acetylenes is 2. The number of aliphatic hydroxyl groups is 1. The lowest BCUT2D eigenvalue weighted by atomic mass is 10.2. The minimum absolute atomic E-state index is 0.00991. The molecule has 1 aliphatic rings. The molecule has 0 amide bonds. The van der Waals surface area contributed by atoms with Crippen molar-refractivity contribution < 1.29 is 36.6 Å². The normalized spacial score (nSPS) is 19.1. The zero-order valence-corrected chi connectivity index (χ0v) is 24.0. The minimum Gasteiger partial charge on any atom is -0.407 e. The van der Waals surface area contributed by atoms with Gasteiger partial charge in [-0.3, -0.25) is 18.9 Å². The van der Waals surface area contributed by atoms with Gasteiger partial charge in [0.25, 0.3) is 5.56 Å². The fraction of sp³-hybridized carbons (Fsp3) is 0.448. The Balaban J connectivity index is 1.72. The summed E-state index contributed by atoms with van der Waals surface area (Å²) in [5.41, 5.74) is -1.48. The molecule has 0 bridgehead atoms. The third-order valence-corrected chi connectivity index (χ3v) is 7.73. The molecule has 1 aromatic carbocycles. The van der Waals surface area contributed by atoms with Crippen LogP contribution in [0, 0.1) is 54.0 Å². The third kappa shape index (κ3) is 9.90. The number of aromatic amines is 1. The molecule has 1 saturated heterocycles. The number of nitrogens with one attached hydrogen (secondary N) is 2. The van der Waals surface area contributed by atoms with Crippen molar-refractivity contribution in [2.24, 2.45) is 0 Å². The maximum atomic E-state index is 14.2. The molecule has 2 aromatic rings. The zero-order chi connectivity index (χ0) is 31.4. The molecule has 0 aliphatic carbocycles. The molecule has 0 spiro atoms. The molecule has 3 rings (SSSR count). The molecule has 10 nitrogen and oxygen atoms in total. The first kappa shape index (κ1) is 33.7. The van der Waals surface area contributed by atoms with Crippen LogP contribution in [0.5, 0.6) is 5.75 Å². The van der Waals surface area contributed by atoms with E-state index < -0.39 is 67.2 Å². The summed E-state index contributed by atoms with van der Waals surface area (Å²) in [6.45, 7) is -0.584. The summed E-state index contributed by atoms with van der Waals surface area (Å²) in [5.74, 6) is 5.30. The molecule has 1 fully saturated rings. The summed E-state index contributed by atoms with van der Waals surface area (Å²) >= 11 is 0. The van der Waals surface area contributed by atoms with Crippen LogP contribution in [0.25, 0.3) is 0 Å². The summed E-state index contributed by atoms with van der Waals surface area (Å²) in [6.07, 6.45) is 12.1. The molecule has 2 heterocycles. The van der Waals surface area contributed by atoms with E-state index in [0.29, 0.717) is 44.2 Å². The number of hydrogen-bond acceptors (Lipinski definition) is 7. The van der Waals surface area contributed by atoms with Crippen molar-refractivity contribution in [1.82, 2.24) is 14.6 Å². The second-order valence-electron chi connectivity index (χ2n) is 9.50. The molecule has 0 radical (unpaired) electrons. The van der Waals surface area contributed by atoms with Gasteiger partial charge in [0.2, 0.25) is 5.75 Å². The van der Waals surface area contributed by atoms with Gasteiger partial charge in [-0.15, -0.1) is 24.7 Å². The number of benzene rings is 1. The Labute approximate surface area is 246 Å². The smallest absolute Gasteiger partial charge is 0.407 e. The number of ether oxygens (including phenoxy) is 1. The van der Waals surface area contributed by atoms with Crippen LogP contribution >= 0.6 is 7.75 Å². The summed E-state index contributed by atoms with van der Waals surface area (Å²) < 4.78 is 72.5. The molecular formula is C29H31F3N3O7P. The Bertz CT molecular complexity index is 1560. The Morgan fingerprint density at radius 3 is 2.42 bits per heavy atom. The zero-order valence-electron chi connectivity index (χ0n) is 23.1. The first-order chi connectivity index (χ1) is 20.6. The van der Waals surface area contributed by atoms with Crippen LogP contribution in [-0.2, 0) is 13.8 Å². The van der Waals surface area contributed by atoms with E-state index in [4.69, 9.17) is 26.6 Å². The van der Waals surface area contributed by atoms with Crippen molar-refractivity contribution in [3.05, 3.63) is 62.2 Å². The van der Waals surface area contributed by atoms with Crippen molar-refractivity contribution in [1.29, 1.82) is 0 Å². The van der Waals surface area contributed by atoms with Gasteiger partial charge in [-0.2, -0.15) is 0 Å². The third-order valence-electron chi connectivity index (χ3n) is 6.22. The highest BCUT2D eigenvalue weighted by Crippen LogP contribution is 2.46. The van der Waals surface area contributed by atoms with E-state index in [1.54, 1.807) is 0 Å². The van der Waals surface area contributed by atoms with E-state index in [1.165, 1.54) is 6.20 Å². The average Bonchev–Trinajstić information content (AvgIpc) is 3.32. The minimum atomic E-state index is -4.52. The number of H-pyrrole nitrogens is 1. The van der Waals surface area contributed by atoms with Gasteiger partial charge in [-0.1, -0.05) is 11.8 Å². The van der Waals surface area contributed by atoms with Crippen LogP contribution in [0.1, 0.15) is 63.2 Å². The summed E-state index contributed by atoms with van der Waals surface area (Å²) in [4.78, 5) is 26.9. The lowest BCUT2D eigenvalue weighted by Crippen LogP contribution is -2.35. The molecule has 3 N–H and O–H groups in total. The topological polar surface area (TPSA) is 132 Å². The summed E-state index contributed by atoms with van der Waals surface area (Å²) in [6, 6.07) is 0.702. The number of halogens is 3. The summed E-state index contributed by atoms with van der Waals surface area (Å²) in [5, 5.41) is 13.0. The second kappa shape index (κ2) is 16.2. The maximum Gasteiger partial charge on any atom is 0.459 e. The largest absolute Gasteiger partial charge is 0.459 e. The predicted molar refractivity (Wildman–Crippen MR) is 151 cm³/mol. The first-order valence-corrected chi connectivity index (χ1v) is 15.0. The number of hydrogen-bond donors (Lipinski definition) is 3. The first-order valence-electron chi connectivity index (χ1n) is 13.5. The monoisotopic (exact) mass is 621 g/mol. The van der Waals surface area contributed by atoms with Gasteiger partial charge in [0.15, 0.2) is 11.6 Å². The number of unbranched alkanes of at least 4 members (excludes halogenated alkanes) is 5. The van der Waals surface area contributed by atoms with Crippen molar-refractivity contribution in [3.63, 3.8) is 0 Å². The SMILES string of the molecule is C#CCCCCC#Cc1cn([C@H]2C[C@@H](O)[C@@H](CNP(=O)(OCCCCC#C)Oc3c(F)cc(F)cc3F)O2)c(=O)[nH]c1=O. The maximum absolute atomic E-state index is 14.2. The molecule has 1 unspecified atom stereocenters. The predicted octanol–water partition coefficient (Wildman–Crippen LogP) is 3.74. The molecule has 1 aromatic heterocycles. The van der Waals surface area contributed by atoms with Crippen molar-refractivity contribution in [2.75, 3.05) is 13.2 Å². The number of nitrogens with zero attached hydrogens (tertiary/aromatic N) is 1. The second-order valence-corrected chi connectivity index (χ2v) is 11.3. The number of aliphatic hydroxyl groups excluding tert-OH is 1. The van der Waals surface area contributed by atoms with Crippen LogP contribution in [-0.4, -0.2) is 40.0 Å². The molecular weight excluding hydrogens is 590 g/mol. The quantitative estimate of drug-likeness (QED) is 0.165. The Morgan fingerprint density at radius 2 is 1.74 bits per heavy atom. The van der Waals surface area contributed by atoms with Crippen LogP contribution in [0.4, 0.5) is 13.2 Å². The summed E-state index contributed by atoms with van der Waals surface area (Å²) in [7, 11) is -4.52. The average molecular weight is 622 g/mol. The molecule has 4 atom stereocenters. The van der Waals surface area contributed by atoms with Crippen molar-refractivity contribution in [3.8, 4) is 42.3 Å². The highest BCUT2D eigenvalue weighted by molar-refractivity contribution is 7.52. The highest BCUT2D eigenvalue weighted by Gasteiger charge is 2.38. The van der Waals surface area contributed by atoms with Gasteiger partial charge in [-0.05, 0) is 25.7 Å². The van der Waals surface area contributed by atoms with Crippen LogP contribution in [0.3, 0.4) is 0 Å². The van der Waals surface area contributed by atoms with Crippen LogP contribution < -0.4 is 20.9 Å². The fourth-order valence-electron chi connectivity index (χ4n) is 4.01. The molecule has 1 aliphatic heterocycles. The van der Waals surface area contributed by atoms with Gasteiger partial charge in [-0.25, -0.2) is 27.6 Å². The van der Waals surface area contributed by atoms with E-state index in [-0.39, 0.29) is 18.6 Å². The molecule has 230 valence electrons. The molecule has 43 heavy (non-hydrogen) atoms. The Morgan fingerprint density at radius 1 is 1.09 bits per heavy atom. The van der Waals surface area contributed by atoms with Crippen molar-refractivity contribution in [2.45, 2.75) is 69.8 Å². The van der Waals surface area contributed by atoms with Gasteiger partial charge >= 0.3 is 13.4 Å². The van der Waals surface area contributed by atoms with E-state index in [9.17, 15) is 32.4 Å². The lowest BCUT2D eigenvalue weighted by Gasteiger charge is -2.23. The van der Waals surface area contributed by atoms with E-state index >= 15 is 0 Å².